The summed E-state index contributed by atoms with van der Waals surface area (Å²) in [5, 5.41) is 9.68. The van der Waals surface area contributed by atoms with Gasteiger partial charge in [0.15, 0.2) is 0 Å². The Morgan fingerprint density at radius 1 is 1.53 bits per heavy atom. The number of carboxylic acid groups (broad SMARTS) is 1. The number of methoxy groups -OCH3 is 1. The predicted octanol–water partition coefficient (Wildman–Crippen LogP) is 3.02. The molecule has 0 bridgehead atoms. The van der Waals surface area contributed by atoms with E-state index in [1.807, 2.05) is 25.1 Å². The number of aliphatic carboxylic acids is 1. The molecule has 2 aromatic rings. The van der Waals surface area contributed by atoms with Gasteiger partial charge >= 0.3 is 5.97 Å². The van der Waals surface area contributed by atoms with Gasteiger partial charge in [0.1, 0.15) is 11.3 Å². The lowest BCUT2D eigenvalue weighted by Crippen LogP contribution is -2.02. The van der Waals surface area contributed by atoms with Crippen molar-refractivity contribution in [1.29, 1.82) is 0 Å². The van der Waals surface area contributed by atoms with Gasteiger partial charge in [0, 0.05) is 5.56 Å². The second-order valence-corrected chi connectivity index (χ2v) is 4.02. The first-order chi connectivity index (χ1) is 8.13. The summed E-state index contributed by atoms with van der Waals surface area (Å²) in [4.78, 5) is 10.7. The molecule has 0 amide bonds. The van der Waals surface area contributed by atoms with Crippen LogP contribution in [0.25, 0.3) is 11.0 Å². The largest absolute Gasteiger partial charge is 0.496 e. The van der Waals surface area contributed by atoms with Crippen LogP contribution in [0, 0.1) is 0 Å². The Morgan fingerprint density at radius 2 is 2.29 bits per heavy atom. The van der Waals surface area contributed by atoms with Gasteiger partial charge in [-0.1, -0.05) is 13.0 Å². The van der Waals surface area contributed by atoms with E-state index in [2.05, 4.69) is 0 Å². The smallest absolute Gasteiger partial charge is 0.303 e. The minimum absolute atomic E-state index is 0.0761. The van der Waals surface area contributed by atoms with Gasteiger partial charge < -0.3 is 14.3 Å². The summed E-state index contributed by atoms with van der Waals surface area (Å²) in [5.41, 5.74) is 1.59. The second-order valence-electron chi connectivity index (χ2n) is 4.02. The fourth-order valence-electron chi connectivity index (χ4n) is 1.98. The van der Waals surface area contributed by atoms with Gasteiger partial charge in [-0.15, -0.1) is 0 Å². The van der Waals surface area contributed by atoms with Gasteiger partial charge in [0.05, 0.1) is 25.2 Å². The van der Waals surface area contributed by atoms with Gasteiger partial charge in [-0.05, 0) is 18.1 Å². The number of ether oxygens (including phenoxy) is 1. The first kappa shape index (κ1) is 11.5. The van der Waals surface area contributed by atoms with Gasteiger partial charge in [0.2, 0.25) is 0 Å². The molecule has 1 N–H and O–H groups in total. The van der Waals surface area contributed by atoms with Crippen LogP contribution in [0.1, 0.15) is 24.8 Å². The molecule has 1 aromatic heterocycles. The first-order valence-electron chi connectivity index (χ1n) is 5.39. The minimum atomic E-state index is -0.818. The molecule has 0 aliphatic carbocycles. The zero-order valence-corrected chi connectivity index (χ0v) is 9.77. The number of hydrogen-bond acceptors (Lipinski definition) is 3. The van der Waals surface area contributed by atoms with E-state index in [1.165, 1.54) is 0 Å². The van der Waals surface area contributed by atoms with Gasteiger partial charge in [-0.3, -0.25) is 4.79 Å². The minimum Gasteiger partial charge on any atom is -0.496 e. The molecular formula is C13H14O4. The van der Waals surface area contributed by atoms with Crippen LogP contribution in [0.15, 0.2) is 28.9 Å². The molecule has 0 aliphatic heterocycles. The summed E-state index contributed by atoms with van der Waals surface area (Å²) in [6.07, 6.45) is 1.69. The van der Waals surface area contributed by atoms with Crippen molar-refractivity contribution in [3.63, 3.8) is 0 Å². The van der Waals surface area contributed by atoms with Crippen LogP contribution < -0.4 is 4.74 Å². The number of hydrogen-bond donors (Lipinski definition) is 1. The number of furan rings is 1. The molecule has 2 rings (SSSR count). The molecule has 1 heterocycles. The molecule has 1 atom stereocenters. The van der Waals surface area contributed by atoms with Crippen molar-refractivity contribution < 1.29 is 19.1 Å². The summed E-state index contributed by atoms with van der Waals surface area (Å²) in [5.74, 6) is -0.213. The van der Waals surface area contributed by atoms with Crippen LogP contribution in [-0.2, 0) is 4.79 Å². The molecule has 0 aliphatic rings. The van der Waals surface area contributed by atoms with Crippen molar-refractivity contribution in [2.45, 2.75) is 19.3 Å². The molecule has 0 fully saturated rings. The van der Waals surface area contributed by atoms with Crippen molar-refractivity contribution in [2.75, 3.05) is 7.11 Å². The standard InChI is InChI=1S/C13H14O4/c1-8(6-12(14)15)9-7-17-11-5-3-4-10(16-2)13(9)11/h3-5,7-8H,6H2,1-2H3,(H,14,15). The molecule has 0 saturated carbocycles. The number of fused-ring (bicyclic) bond motifs is 1. The molecular weight excluding hydrogens is 220 g/mol. The molecule has 1 aromatic carbocycles. The third kappa shape index (κ3) is 2.11. The van der Waals surface area contributed by atoms with Crippen molar-refractivity contribution in [2.24, 2.45) is 0 Å². The van der Waals surface area contributed by atoms with Crippen LogP contribution >= 0.6 is 0 Å². The molecule has 17 heavy (non-hydrogen) atoms. The highest BCUT2D eigenvalue weighted by atomic mass is 16.5. The van der Waals surface area contributed by atoms with Gasteiger partial charge in [-0.25, -0.2) is 0 Å². The highest BCUT2D eigenvalue weighted by Crippen LogP contribution is 2.35. The lowest BCUT2D eigenvalue weighted by Gasteiger charge is -2.08. The second kappa shape index (κ2) is 4.49. The Morgan fingerprint density at radius 3 is 2.94 bits per heavy atom. The van der Waals surface area contributed by atoms with E-state index in [4.69, 9.17) is 14.3 Å². The molecule has 4 nitrogen and oxygen atoms in total. The Hall–Kier alpha value is -1.97. The number of benzene rings is 1. The van der Waals surface area contributed by atoms with E-state index >= 15 is 0 Å². The summed E-state index contributed by atoms with van der Waals surface area (Å²) < 4.78 is 10.7. The number of carbonyl (C=O) groups is 1. The predicted molar refractivity (Wildman–Crippen MR) is 63.4 cm³/mol. The lowest BCUT2D eigenvalue weighted by molar-refractivity contribution is -0.137. The van der Waals surface area contributed by atoms with E-state index in [0.717, 1.165) is 16.5 Å². The topological polar surface area (TPSA) is 59.7 Å². The summed E-state index contributed by atoms with van der Waals surface area (Å²) >= 11 is 0. The van der Waals surface area contributed by atoms with Crippen LogP contribution in [0.2, 0.25) is 0 Å². The lowest BCUT2D eigenvalue weighted by atomic mass is 9.97. The summed E-state index contributed by atoms with van der Waals surface area (Å²) in [6.45, 7) is 1.87. The molecule has 0 spiro atoms. The Balaban J connectivity index is 2.50. The fourth-order valence-corrected chi connectivity index (χ4v) is 1.98. The van der Waals surface area contributed by atoms with E-state index in [1.54, 1.807) is 13.4 Å². The maximum Gasteiger partial charge on any atom is 0.303 e. The Labute approximate surface area is 98.8 Å². The van der Waals surface area contributed by atoms with E-state index in [0.29, 0.717) is 5.75 Å². The summed E-state index contributed by atoms with van der Waals surface area (Å²) in [6, 6.07) is 5.53. The molecule has 1 unspecified atom stereocenters. The van der Waals surface area contributed by atoms with Crippen LogP contribution in [-0.4, -0.2) is 18.2 Å². The van der Waals surface area contributed by atoms with Crippen molar-refractivity contribution in [3.05, 3.63) is 30.0 Å². The third-order valence-corrected chi connectivity index (χ3v) is 2.82. The average molecular weight is 234 g/mol. The highest BCUT2D eigenvalue weighted by Gasteiger charge is 2.18. The SMILES string of the molecule is COc1cccc2occ(C(C)CC(=O)O)c12. The zero-order chi connectivity index (χ0) is 12.4. The third-order valence-electron chi connectivity index (χ3n) is 2.82. The maximum atomic E-state index is 10.7. The zero-order valence-electron chi connectivity index (χ0n) is 9.77. The molecule has 0 radical (unpaired) electrons. The van der Waals surface area contributed by atoms with E-state index in [9.17, 15) is 4.79 Å². The van der Waals surface area contributed by atoms with Gasteiger partial charge in [-0.2, -0.15) is 0 Å². The Bertz CT molecular complexity index is 541. The van der Waals surface area contributed by atoms with Crippen molar-refractivity contribution in [3.8, 4) is 5.75 Å². The first-order valence-corrected chi connectivity index (χ1v) is 5.39. The Kier molecular flexibility index (Phi) is 3.04. The normalized spacial score (nSPS) is 12.6. The van der Waals surface area contributed by atoms with Crippen LogP contribution in [0.5, 0.6) is 5.75 Å². The highest BCUT2D eigenvalue weighted by molar-refractivity contribution is 5.88. The number of rotatable bonds is 4. The van der Waals surface area contributed by atoms with E-state index in [-0.39, 0.29) is 12.3 Å². The number of carboxylic acids is 1. The van der Waals surface area contributed by atoms with Crippen LogP contribution in [0.4, 0.5) is 0 Å². The maximum absolute atomic E-state index is 10.7. The molecule has 90 valence electrons. The van der Waals surface area contributed by atoms with Crippen molar-refractivity contribution >= 4 is 16.9 Å². The van der Waals surface area contributed by atoms with Gasteiger partial charge in [0.25, 0.3) is 0 Å². The quantitative estimate of drug-likeness (QED) is 0.883. The molecule has 4 heteroatoms. The fraction of sp³-hybridized carbons (Fsp3) is 0.308. The van der Waals surface area contributed by atoms with E-state index < -0.39 is 5.97 Å². The summed E-state index contributed by atoms with van der Waals surface area (Å²) in [7, 11) is 1.59. The van der Waals surface area contributed by atoms with Crippen molar-refractivity contribution in [1.82, 2.24) is 0 Å². The average Bonchev–Trinajstić information content (AvgIpc) is 2.71. The monoisotopic (exact) mass is 234 g/mol. The molecule has 0 saturated heterocycles. The van der Waals surface area contributed by atoms with Crippen LogP contribution in [0.3, 0.4) is 0 Å².